The number of nitrogens with zero attached hydrogens (tertiary/aromatic N) is 3. The number of hydrogen-bond donors (Lipinski definition) is 1. The largest absolute Gasteiger partial charge is 0.381 e. The van der Waals surface area contributed by atoms with Crippen LogP contribution in [0.3, 0.4) is 0 Å². The van der Waals surface area contributed by atoms with Crippen molar-refractivity contribution in [3.8, 4) is 0 Å². The quantitative estimate of drug-likeness (QED) is 0.894. The molecule has 0 radical (unpaired) electrons. The summed E-state index contributed by atoms with van der Waals surface area (Å²) < 4.78 is 7.37. The maximum Gasteiger partial charge on any atom is 0.254 e. The molecule has 1 N–H and O–H groups in total. The van der Waals surface area contributed by atoms with Crippen LogP contribution in [-0.2, 0) is 11.3 Å². The van der Waals surface area contributed by atoms with E-state index in [4.69, 9.17) is 4.74 Å². The second-order valence-electron chi connectivity index (χ2n) is 6.99. The first-order valence-corrected chi connectivity index (χ1v) is 9.34. The molecule has 0 aromatic carbocycles. The average molecular weight is 334 g/mol. The van der Waals surface area contributed by atoms with Gasteiger partial charge in [-0.05, 0) is 39.0 Å². The average Bonchev–Trinajstić information content (AvgIpc) is 2.98. The number of hydrogen-bond acceptors (Lipinski definition) is 4. The lowest BCUT2D eigenvalue weighted by Gasteiger charge is -2.39. The number of amides is 1. The van der Waals surface area contributed by atoms with Crippen molar-refractivity contribution in [1.29, 1.82) is 0 Å². The predicted molar refractivity (Wildman–Crippen MR) is 93.2 cm³/mol. The molecule has 24 heavy (non-hydrogen) atoms. The van der Waals surface area contributed by atoms with Gasteiger partial charge in [0.05, 0.1) is 11.8 Å². The van der Waals surface area contributed by atoms with E-state index in [1.54, 1.807) is 6.20 Å². The van der Waals surface area contributed by atoms with Crippen molar-refractivity contribution in [2.24, 2.45) is 0 Å². The van der Waals surface area contributed by atoms with Crippen molar-refractivity contribution in [2.45, 2.75) is 64.6 Å². The lowest BCUT2D eigenvalue weighted by molar-refractivity contribution is 0.0238. The van der Waals surface area contributed by atoms with E-state index in [0.717, 1.165) is 76.2 Å². The van der Waals surface area contributed by atoms with E-state index in [1.165, 1.54) is 0 Å². The van der Waals surface area contributed by atoms with Gasteiger partial charge in [0.15, 0.2) is 0 Å². The van der Waals surface area contributed by atoms with E-state index in [0.29, 0.717) is 6.04 Å². The van der Waals surface area contributed by atoms with Crippen molar-refractivity contribution in [3.05, 3.63) is 17.5 Å². The van der Waals surface area contributed by atoms with E-state index in [1.807, 2.05) is 11.6 Å². The Morgan fingerprint density at radius 2 is 2.00 bits per heavy atom. The van der Waals surface area contributed by atoms with Gasteiger partial charge in [-0.3, -0.25) is 9.48 Å². The van der Waals surface area contributed by atoms with Gasteiger partial charge in [0.2, 0.25) is 0 Å². The molecule has 0 spiro atoms. The third-order valence-corrected chi connectivity index (χ3v) is 5.36. The number of aromatic nitrogens is 2. The Kier molecular flexibility index (Phi) is 5.89. The monoisotopic (exact) mass is 334 g/mol. The zero-order valence-electron chi connectivity index (χ0n) is 15.0. The summed E-state index contributed by atoms with van der Waals surface area (Å²) in [4.78, 5) is 15.1. The van der Waals surface area contributed by atoms with Crippen LogP contribution < -0.4 is 5.32 Å². The van der Waals surface area contributed by atoms with Crippen LogP contribution in [-0.4, -0.2) is 59.0 Å². The molecule has 2 saturated heterocycles. The minimum absolute atomic E-state index is 0.0272. The van der Waals surface area contributed by atoms with E-state index in [9.17, 15) is 4.79 Å². The smallest absolute Gasteiger partial charge is 0.254 e. The normalized spacial score (nSPS) is 21.1. The van der Waals surface area contributed by atoms with Crippen molar-refractivity contribution >= 4 is 5.91 Å². The molecule has 1 aromatic heterocycles. The number of aryl methyl sites for hydroxylation is 1. The summed E-state index contributed by atoms with van der Waals surface area (Å²) >= 11 is 0. The number of carbonyl (C=O) groups excluding carboxylic acids is 1. The van der Waals surface area contributed by atoms with Crippen LogP contribution in [0.1, 0.15) is 55.1 Å². The lowest BCUT2D eigenvalue weighted by Crippen LogP contribution is -2.49. The van der Waals surface area contributed by atoms with Gasteiger partial charge in [0.25, 0.3) is 5.91 Å². The zero-order valence-corrected chi connectivity index (χ0v) is 15.0. The van der Waals surface area contributed by atoms with Crippen LogP contribution in [0.5, 0.6) is 0 Å². The fraction of sp³-hybridized carbons (Fsp3) is 0.778. The van der Waals surface area contributed by atoms with Gasteiger partial charge >= 0.3 is 0 Å². The molecule has 0 atom stereocenters. The van der Waals surface area contributed by atoms with Gasteiger partial charge in [-0.15, -0.1) is 0 Å². The summed E-state index contributed by atoms with van der Waals surface area (Å²) in [5.41, 5.74) is 1.68. The summed E-state index contributed by atoms with van der Waals surface area (Å²) in [6.45, 7) is 8.89. The molecule has 1 aromatic rings. The molecule has 6 nitrogen and oxygen atoms in total. The highest BCUT2D eigenvalue weighted by atomic mass is 16.5. The van der Waals surface area contributed by atoms with Gasteiger partial charge < -0.3 is 15.0 Å². The van der Waals surface area contributed by atoms with Crippen LogP contribution in [0.15, 0.2) is 6.20 Å². The Hall–Kier alpha value is -1.40. The Bertz CT molecular complexity index is 543. The molecule has 3 rings (SSSR count). The molecular weight excluding hydrogens is 304 g/mol. The standard InChI is InChI=1S/C18H30N4O2/c1-3-8-22-14(2)17(13-19-22)18(23)20-15-4-9-21(10-5-15)16-6-11-24-12-7-16/h13,15-16H,3-12H2,1-2H3,(H,20,23). The second kappa shape index (κ2) is 8.12. The number of carbonyl (C=O) groups is 1. The first-order chi connectivity index (χ1) is 11.7. The first kappa shape index (κ1) is 17.4. The first-order valence-electron chi connectivity index (χ1n) is 9.34. The molecule has 3 heterocycles. The Morgan fingerprint density at radius 1 is 1.29 bits per heavy atom. The maximum absolute atomic E-state index is 12.5. The molecule has 6 heteroatoms. The van der Waals surface area contributed by atoms with Crippen molar-refractivity contribution in [3.63, 3.8) is 0 Å². The summed E-state index contributed by atoms with van der Waals surface area (Å²) in [5, 5.41) is 7.54. The summed E-state index contributed by atoms with van der Waals surface area (Å²) in [5.74, 6) is 0.0272. The minimum Gasteiger partial charge on any atom is -0.381 e. The molecule has 2 aliphatic rings. The molecule has 2 aliphatic heterocycles. The maximum atomic E-state index is 12.5. The summed E-state index contributed by atoms with van der Waals surface area (Å²) in [6, 6.07) is 0.951. The third kappa shape index (κ3) is 3.98. The fourth-order valence-electron chi connectivity index (χ4n) is 3.83. The third-order valence-electron chi connectivity index (χ3n) is 5.36. The predicted octanol–water partition coefficient (Wildman–Crippen LogP) is 1.97. The van der Waals surface area contributed by atoms with Crippen LogP contribution in [0.4, 0.5) is 0 Å². The number of rotatable bonds is 5. The molecule has 0 saturated carbocycles. The molecule has 0 unspecified atom stereocenters. The van der Waals surface area contributed by atoms with Gasteiger partial charge in [-0.1, -0.05) is 6.92 Å². The number of piperidine rings is 1. The Morgan fingerprint density at radius 3 is 2.67 bits per heavy atom. The minimum atomic E-state index is 0.0272. The SMILES string of the molecule is CCCn1ncc(C(=O)NC2CCN(C3CCOCC3)CC2)c1C. The molecule has 2 fully saturated rings. The van der Waals surface area contributed by atoms with Crippen molar-refractivity contribution < 1.29 is 9.53 Å². The molecular formula is C18H30N4O2. The van der Waals surface area contributed by atoms with Gasteiger partial charge in [0, 0.05) is 50.6 Å². The van der Waals surface area contributed by atoms with E-state index < -0.39 is 0 Å². The van der Waals surface area contributed by atoms with Crippen molar-refractivity contribution in [2.75, 3.05) is 26.3 Å². The molecule has 1 amide bonds. The molecule has 0 aliphatic carbocycles. The van der Waals surface area contributed by atoms with Crippen LogP contribution >= 0.6 is 0 Å². The number of likely N-dealkylation sites (tertiary alicyclic amines) is 1. The van der Waals surface area contributed by atoms with Gasteiger partial charge in [-0.2, -0.15) is 5.10 Å². The van der Waals surface area contributed by atoms with Crippen molar-refractivity contribution in [1.82, 2.24) is 20.0 Å². The van der Waals surface area contributed by atoms with Crippen LogP contribution in [0, 0.1) is 6.92 Å². The highest BCUT2D eigenvalue weighted by molar-refractivity contribution is 5.95. The van der Waals surface area contributed by atoms with E-state index >= 15 is 0 Å². The van der Waals surface area contributed by atoms with Crippen LogP contribution in [0.25, 0.3) is 0 Å². The highest BCUT2D eigenvalue weighted by Crippen LogP contribution is 2.20. The molecule has 0 bridgehead atoms. The highest BCUT2D eigenvalue weighted by Gasteiger charge is 2.27. The Balaban J connectivity index is 1.49. The second-order valence-corrected chi connectivity index (χ2v) is 6.99. The van der Waals surface area contributed by atoms with Gasteiger partial charge in [-0.25, -0.2) is 0 Å². The van der Waals surface area contributed by atoms with E-state index in [2.05, 4.69) is 22.2 Å². The molecule has 134 valence electrons. The summed E-state index contributed by atoms with van der Waals surface area (Å²) in [6.07, 6.45) is 7.09. The number of nitrogens with one attached hydrogen (secondary N) is 1. The van der Waals surface area contributed by atoms with E-state index in [-0.39, 0.29) is 11.9 Å². The van der Waals surface area contributed by atoms with Crippen LogP contribution in [0.2, 0.25) is 0 Å². The summed E-state index contributed by atoms with van der Waals surface area (Å²) in [7, 11) is 0. The lowest BCUT2D eigenvalue weighted by atomic mass is 9.99. The van der Waals surface area contributed by atoms with Gasteiger partial charge in [0.1, 0.15) is 0 Å². The zero-order chi connectivity index (χ0) is 16.9. The Labute approximate surface area is 144 Å². The fourth-order valence-corrected chi connectivity index (χ4v) is 3.83. The topological polar surface area (TPSA) is 59.4 Å². The number of ether oxygens (including phenoxy) is 1.